The molecule has 1 aliphatic heterocycles. The number of carbonyl (C=O) groups excluding carboxylic acids is 1. The molecule has 1 aliphatic rings. The lowest BCUT2D eigenvalue weighted by molar-refractivity contribution is 0.0734. The minimum atomic E-state index is 0.0524. The van der Waals surface area contributed by atoms with Crippen LogP contribution in [0, 0.1) is 0 Å². The van der Waals surface area contributed by atoms with Crippen molar-refractivity contribution in [1.82, 2.24) is 9.88 Å². The van der Waals surface area contributed by atoms with Crippen molar-refractivity contribution in [3.63, 3.8) is 0 Å². The zero-order valence-electron chi connectivity index (χ0n) is 11.2. The Morgan fingerprint density at radius 2 is 2.05 bits per heavy atom. The Kier molecular flexibility index (Phi) is 3.48. The maximum Gasteiger partial charge on any atom is 0.254 e. The summed E-state index contributed by atoms with van der Waals surface area (Å²) in [6.45, 7) is 1.79. The molecule has 1 aromatic carbocycles. The molecule has 0 aliphatic carbocycles. The molecule has 0 spiro atoms. The molecule has 0 saturated carbocycles. The van der Waals surface area contributed by atoms with E-state index in [-0.39, 0.29) is 5.91 Å². The fourth-order valence-corrected chi connectivity index (χ4v) is 2.57. The van der Waals surface area contributed by atoms with E-state index in [9.17, 15) is 4.79 Å². The van der Waals surface area contributed by atoms with Gasteiger partial charge in [0.25, 0.3) is 5.91 Å². The number of nitrogens with two attached hydrogens (primary N) is 1. The minimum absolute atomic E-state index is 0.0524. The number of amides is 1. The van der Waals surface area contributed by atoms with Crippen molar-refractivity contribution in [2.75, 3.05) is 6.54 Å². The van der Waals surface area contributed by atoms with Gasteiger partial charge in [0.15, 0.2) is 0 Å². The maximum absolute atomic E-state index is 12.5. The summed E-state index contributed by atoms with van der Waals surface area (Å²) >= 11 is 0. The molecule has 20 heavy (non-hydrogen) atoms. The van der Waals surface area contributed by atoms with Crippen LogP contribution < -0.4 is 5.73 Å². The predicted octanol–water partition coefficient (Wildman–Crippen LogP) is 1.74. The number of hydrogen-bond donors (Lipinski definition) is 1. The second-order valence-corrected chi connectivity index (χ2v) is 4.99. The Bertz CT molecular complexity index is 639. The van der Waals surface area contributed by atoms with E-state index >= 15 is 0 Å². The van der Waals surface area contributed by atoms with Gasteiger partial charge >= 0.3 is 0 Å². The third-order valence-electron chi connectivity index (χ3n) is 3.69. The van der Waals surface area contributed by atoms with E-state index in [2.05, 4.69) is 17.1 Å². The van der Waals surface area contributed by atoms with E-state index in [1.54, 1.807) is 18.3 Å². The monoisotopic (exact) mass is 267 g/mol. The topological polar surface area (TPSA) is 59.2 Å². The number of nitrogens with zero attached hydrogens (tertiary/aromatic N) is 2. The van der Waals surface area contributed by atoms with Crippen LogP contribution in [-0.4, -0.2) is 22.3 Å². The van der Waals surface area contributed by atoms with Crippen LogP contribution in [0.5, 0.6) is 0 Å². The van der Waals surface area contributed by atoms with Gasteiger partial charge in [0, 0.05) is 31.4 Å². The largest absolute Gasteiger partial charge is 0.334 e. The molecule has 4 heteroatoms. The molecule has 4 nitrogen and oxygen atoms in total. The normalized spacial score (nSPS) is 13.9. The summed E-state index contributed by atoms with van der Waals surface area (Å²) in [7, 11) is 0. The van der Waals surface area contributed by atoms with Crippen LogP contribution in [0.2, 0.25) is 0 Å². The summed E-state index contributed by atoms with van der Waals surface area (Å²) in [5, 5.41) is 0. The first-order valence-electron chi connectivity index (χ1n) is 6.79. The molecule has 1 aromatic heterocycles. The average molecular weight is 267 g/mol. The molecule has 0 saturated heterocycles. The van der Waals surface area contributed by atoms with Crippen molar-refractivity contribution in [3.05, 3.63) is 65.0 Å². The highest BCUT2D eigenvalue weighted by atomic mass is 16.2. The first kappa shape index (κ1) is 12.8. The number of hydrogen-bond acceptors (Lipinski definition) is 3. The van der Waals surface area contributed by atoms with Gasteiger partial charge in [-0.1, -0.05) is 24.3 Å². The van der Waals surface area contributed by atoms with Crippen LogP contribution in [0.1, 0.15) is 27.2 Å². The minimum Gasteiger partial charge on any atom is -0.334 e. The van der Waals surface area contributed by atoms with Crippen molar-refractivity contribution in [3.8, 4) is 0 Å². The third-order valence-corrected chi connectivity index (χ3v) is 3.69. The Hall–Kier alpha value is -2.20. The van der Waals surface area contributed by atoms with Gasteiger partial charge in [-0.15, -0.1) is 0 Å². The van der Waals surface area contributed by atoms with Crippen LogP contribution in [0.15, 0.2) is 42.6 Å². The highest BCUT2D eigenvalue weighted by Crippen LogP contribution is 2.20. The van der Waals surface area contributed by atoms with Crippen LogP contribution in [0.3, 0.4) is 0 Å². The molecular formula is C16H17N3O. The fraction of sp³-hybridized carbons (Fsp3) is 0.250. The summed E-state index contributed by atoms with van der Waals surface area (Å²) in [5.41, 5.74) is 9.56. The van der Waals surface area contributed by atoms with Crippen LogP contribution >= 0.6 is 0 Å². The molecule has 2 aromatic rings. The summed E-state index contributed by atoms with van der Waals surface area (Å²) in [5.74, 6) is 0.0524. The molecule has 0 unspecified atom stereocenters. The summed E-state index contributed by atoms with van der Waals surface area (Å²) in [6, 6.07) is 11.8. The molecule has 0 atom stereocenters. The number of aromatic nitrogens is 1. The second-order valence-electron chi connectivity index (χ2n) is 4.99. The molecular weight excluding hydrogens is 250 g/mol. The number of pyridine rings is 1. The fourth-order valence-electron chi connectivity index (χ4n) is 2.57. The number of benzene rings is 1. The van der Waals surface area contributed by atoms with Crippen LogP contribution in [0.25, 0.3) is 0 Å². The van der Waals surface area contributed by atoms with Crippen molar-refractivity contribution in [2.24, 2.45) is 5.73 Å². The Morgan fingerprint density at radius 1 is 1.25 bits per heavy atom. The number of carbonyl (C=O) groups is 1. The highest BCUT2D eigenvalue weighted by Gasteiger charge is 2.21. The Labute approximate surface area is 118 Å². The molecule has 0 radical (unpaired) electrons. The van der Waals surface area contributed by atoms with Gasteiger partial charge in [0.05, 0.1) is 5.69 Å². The third kappa shape index (κ3) is 2.42. The van der Waals surface area contributed by atoms with Gasteiger partial charge in [-0.3, -0.25) is 9.78 Å². The van der Waals surface area contributed by atoms with E-state index in [4.69, 9.17) is 5.73 Å². The molecule has 2 heterocycles. The van der Waals surface area contributed by atoms with Gasteiger partial charge in [-0.05, 0) is 29.7 Å². The summed E-state index contributed by atoms with van der Waals surface area (Å²) < 4.78 is 0. The molecule has 1 amide bonds. The van der Waals surface area contributed by atoms with Crippen LogP contribution in [0.4, 0.5) is 0 Å². The van der Waals surface area contributed by atoms with E-state index in [1.165, 1.54) is 11.1 Å². The SMILES string of the molecule is NCc1cc(C(=O)N2CCc3ccccc3C2)ccn1. The van der Waals surface area contributed by atoms with Crippen molar-refractivity contribution in [2.45, 2.75) is 19.5 Å². The quantitative estimate of drug-likeness (QED) is 0.901. The zero-order chi connectivity index (χ0) is 13.9. The van der Waals surface area contributed by atoms with E-state index in [0.29, 0.717) is 18.7 Å². The lowest BCUT2D eigenvalue weighted by Gasteiger charge is -2.29. The average Bonchev–Trinajstić information content (AvgIpc) is 2.53. The zero-order valence-corrected chi connectivity index (χ0v) is 11.2. The maximum atomic E-state index is 12.5. The highest BCUT2D eigenvalue weighted by molar-refractivity contribution is 5.94. The lowest BCUT2D eigenvalue weighted by Crippen LogP contribution is -2.36. The van der Waals surface area contributed by atoms with Gasteiger partial charge in [0.2, 0.25) is 0 Å². The first-order valence-corrected chi connectivity index (χ1v) is 6.79. The molecule has 102 valence electrons. The molecule has 0 fully saturated rings. The van der Waals surface area contributed by atoms with Crippen molar-refractivity contribution < 1.29 is 4.79 Å². The van der Waals surface area contributed by atoms with Gasteiger partial charge in [-0.2, -0.15) is 0 Å². The van der Waals surface area contributed by atoms with E-state index < -0.39 is 0 Å². The number of fused-ring (bicyclic) bond motifs is 1. The van der Waals surface area contributed by atoms with E-state index in [0.717, 1.165) is 18.7 Å². The molecule has 2 N–H and O–H groups in total. The van der Waals surface area contributed by atoms with Crippen LogP contribution in [-0.2, 0) is 19.5 Å². The predicted molar refractivity (Wildman–Crippen MR) is 77.0 cm³/mol. The smallest absolute Gasteiger partial charge is 0.254 e. The second kappa shape index (κ2) is 5.43. The summed E-state index contributed by atoms with van der Waals surface area (Å²) in [6.07, 6.45) is 2.56. The van der Waals surface area contributed by atoms with E-state index in [1.807, 2.05) is 17.0 Å². The van der Waals surface area contributed by atoms with Gasteiger partial charge in [-0.25, -0.2) is 0 Å². The Morgan fingerprint density at radius 3 is 2.85 bits per heavy atom. The molecule has 0 bridgehead atoms. The Balaban J connectivity index is 1.82. The molecule has 3 rings (SSSR count). The van der Waals surface area contributed by atoms with Gasteiger partial charge < -0.3 is 10.6 Å². The van der Waals surface area contributed by atoms with Crippen molar-refractivity contribution in [1.29, 1.82) is 0 Å². The van der Waals surface area contributed by atoms with Crippen molar-refractivity contribution >= 4 is 5.91 Å². The first-order chi connectivity index (χ1) is 9.78. The standard InChI is InChI=1S/C16H17N3O/c17-10-15-9-13(5-7-18-15)16(20)19-8-6-12-3-1-2-4-14(12)11-19/h1-5,7,9H,6,8,10-11,17H2. The summed E-state index contributed by atoms with van der Waals surface area (Å²) in [4.78, 5) is 18.5. The lowest BCUT2D eigenvalue weighted by atomic mass is 9.99. The number of rotatable bonds is 2. The van der Waals surface area contributed by atoms with Gasteiger partial charge in [0.1, 0.15) is 0 Å².